The molecule has 3 aliphatic rings. The molecule has 0 aromatic carbocycles. The van der Waals surface area contributed by atoms with Crippen LogP contribution in [0.15, 0.2) is 0 Å². The first kappa shape index (κ1) is 13.8. The van der Waals surface area contributed by atoms with Crippen LogP contribution in [0.2, 0.25) is 0 Å². The number of fused-ring (bicyclic) bond motifs is 2. The number of nitrogens with zero attached hydrogens (tertiary/aromatic N) is 1. The van der Waals surface area contributed by atoms with Crippen molar-refractivity contribution >= 4 is 11.9 Å². The van der Waals surface area contributed by atoms with Gasteiger partial charge >= 0.3 is 5.97 Å². The molecule has 3 fully saturated rings. The van der Waals surface area contributed by atoms with Crippen LogP contribution < -0.4 is 0 Å². The van der Waals surface area contributed by atoms with E-state index in [9.17, 15) is 9.59 Å². The number of carbonyl (C=O) groups excluding carboxylic acids is 1. The predicted octanol–water partition coefficient (Wildman–Crippen LogP) is 0.646. The third-order valence-electron chi connectivity index (χ3n) is 4.64. The molecule has 3 rings (SSSR count). The Hall–Kier alpha value is -1.14. The van der Waals surface area contributed by atoms with Crippen LogP contribution in [-0.4, -0.2) is 59.9 Å². The zero-order chi connectivity index (χ0) is 14.1. The largest absolute Gasteiger partial charge is 0.481 e. The maximum Gasteiger partial charge on any atom is 0.303 e. The minimum absolute atomic E-state index is 0.0333. The molecule has 1 N–H and O–H groups in total. The van der Waals surface area contributed by atoms with Crippen LogP contribution in [0.4, 0.5) is 0 Å². The quantitative estimate of drug-likeness (QED) is 0.823. The van der Waals surface area contributed by atoms with Gasteiger partial charge in [0, 0.05) is 18.5 Å². The summed E-state index contributed by atoms with van der Waals surface area (Å²) in [5.74, 6) is -0.498. The number of amides is 1. The highest BCUT2D eigenvalue weighted by atomic mass is 16.6. The second-order valence-electron chi connectivity index (χ2n) is 6.00. The number of aliphatic carboxylic acids is 1. The highest BCUT2D eigenvalue weighted by Crippen LogP contribution is 2.40. The molecule has 1 amide bonds. The normalized spacial score (nSPS) is 36.9. The van der Waals surface area contributed by atoms with Crippen LogP contribution in [0.3, 0.4) is 0 Å². The lowest BCUT2D eigenvalue weighted by molar-refractivity contribution is -0.163. The molecule has 20 heavy (non-hydrogen) atoms. The van der Waals surface area contributed by atoms with Gasteiger partial charge in [0.1, 0.15) is 0 Å². The molecule has 3 heterocycles. The molecule has 0 spiro atoms. The van der Waals surface area contributed by atoms with Gasteiger partial charge in [0.25, 0.3) is 5.91 Å². The molecule has 6 nitrogen and oxygen atoms in total. The standard InChI is InChI=1S/C14H21NO5/c16-13(17)7-9-5-10-1-2-11(6-9)15(10)14(18)12-8-19-3-4-20-12/h9-12H,1-8H2,(H,16,17). The molecule has 3 unspecified atom stereocenters. The zero-order valence-corrected chi connectivity index (χ0v) is 11.5. The summed E-state index contributed by atoms with van der Waals surface area (Å²) in [6.07, 6.45) is 3.34. The molecule has 0 saturated carbocycles. The second-order valence-corrected chi connectivity index (χ2v) is 6.00. The Kier molecular flexibility index (Phi) is 3.94. The van der Waals surface area contributed by atoms with Crippen LogP contribution in [-0.2, 0) is 19.1 Å². The highest BCUT2D eigenvalue weighted by molar-refractivity contribution is 5.82. The Morgan fingerprint density at radius 2 is 1.85 bits per heavy atom. The fourth-order valence-corrected chi connectivity index (χ4v) is 3.86. The lowest BCUT2D eigenvalue weighted by atomic mass is 9.88. The number of hydrogen-bond donors (Lipinski definition) is 1. The molecule has 0 aromatic rings. The van der Waals surface area contributed by atoms with Gasteiger partial charge in [0.2, 0.25) is 0 Å². The summed E-state index contributed by atoms with van der Waals surface area (Å²) in [5.41, 5.74) is 0. The molecular formula is C14H21NO5. The summed E-state index contributed by atoms with van der Waals surface area (Å²) >= 11 is 0. The van der Waals surface area contributed by atoms with Gasteiger partial charge in [0.05, 0.1) is 19.8 Å². The lowest BCUT2D eigenvalue weighted by Gasteiger charge is -2.40. The van der Waals surface area contributed by atoms with Crippen molar-refractivity contribution in [1.82, 2.24) is 4.90 Å². The van der Waals surface area contributed by atoms with Gasteiger partial charge in [0.15, 0.2) is 6.10 Å². The number of ether oxygens (including phenoxy) is 2. The van der Waals surface area contributed by atoms with Crippen molar-refractivity contribution in [2.75, 3.05) is 19.8 Å². The Bertz CT molecular complexity index is 379. The summed E-state index contributed by atoms with van der Waals surface area (Å²) in [4.78, 5) is 25.4. The van der Waals surface area contributed by atoms with Gasteiger partial charge in [-0.05, 0) is 31.6 Å². The number of rotatable bonds is 3. The first-order chi connectivity index (χ1) is 9.65. The predicted molar refractivity (Wildman–Crippen MR) is 69.2 cm³/mol. The fraction of sp³-hybridized carbons (Fsp3) is 0.857. The molecule has 112 valence electrons. The van der Waals surface area contributed by atoms with Gasteiger partial charge in [-0.15, -0.1) is 0 Å². The summed E-state index contributed by atoms with van der Waals surface area (Å²) in [6.45, 7) is 1.37. The number of hydrogen-bond acceptors (Lipinski definition) is 4. The fourth-order valence-electron chi connectivity index (χ4n) is 3.86. The maximum atomic E-state index is 12.5. The molecular weight excluding hydrogens is 262 g/mol. The van der Waals surface area contributed by atoms with E-state index < -0.39 is 12.1 Å². The Morgan fingerprint density at radius 1 is 1.15 bits per heavy atom. The van der Waals surface area contributed by atoms with Gasteiger partial charge in [-0.25, -0.2) is 0 Å². The van der Waals surface area contributed by atoms with Gasteiger partial charge in [-0.2, -0.15) is 0 Å². The van der Waals surface area contributed by atoms with Crippen molar-refractivity contribution in [3.8, 4) is 0 Å². The van der Waals surface area contributed by atoms with E-state index >= 15 is 0 Å². The van der Waals surface area contributed by atoms with Crippen molar-refractivity contribution in [2.45, 2.75) is 50.3 Å². The first-order valence-electron chi connectivity index (χ1n) is 7.38. The molecule has 3 aliphatic heterocycles. The van der Waals surface area contributed by atoms with Crippen molar-refractivity contribution in [3.63, 3.8) is 0 Å². The summed E-state index contributed by atoms with van der Waals surface area (Å²) in [5, 5.41) is 8.92. The SMILES string of the molecule is O=C(O)CC1CC2CCC(C1)N2C(=O)C1COCCO1. The topological polar surface area (TPSA) is 76.1 Å². The molecule has 6 heteroatoms. The summed E-state index contributed by atoms with van der Waals surface area (Å²) < 4.78 is 10.8. The van der Waals surface area contributed by atoms with E-state index in [1.807, 2.05) is 4.90 Å². The number of carboxylic acid groups (broad SMARTS) is 1. The van der Waals surface area contributed by atoms with Crippen molar-refractivity contribution in [1.29, 1.82) is 0 Å². The minimum atomic E-state index is -0.738. The van der Waals surface area contributed by atoms with Crippen LogP contribution in [0.25, 0.3) is 0 Å². The molecule has 0 radical (unpaired) electrons. The van der Waals surface area contributed by atoms with Crippen LogP contribution in [0, 0.1) is 5.92 Å². The maximum absolute atomic E-state index is 12.5. The molecule has 2 bridgehead atoms. The summed E-state index contributed by atoms with van der Waals surface area (Å²) in [6, 6.07) is 0.382. The molecule has 0 aromatic heterocycles. The van der Waals surface area contributed by atoms with E-state index in [2.05, 4.69) is 0 Å². The summed E-state index contributed by atoms with van der Waals surface area (Å²) in [7, 11) is 0. The van der Waals surface area contributed by atoms with Gasteiger partial charge < -0.3 is 19.5 Å². The van der Waals surface area contributed by atoms with Gasteiger partial charge in [-0.3, -0.25) is 9.59 Å². The van der Waals surface area contributed by atoms with Gasteiger partial charge in [-0.1, -0.05) is 0 Å². The highest BCUT2D eigenvalue weighted by Gasteiger charge is 2.45. The Balaban J connectivity index is 1.64. The van der Waals surface area contributed by atoms with Crippen LogP contribution in [0.5, 0.6) is 0 Å². The molecule has 3 atom stereocenters. The number of carbonyl (C=O) groups is 2. The Morgan fingerprint density at radius 3 is 2.40 bits per heavy atom. The van der Waals surface area contributed by atoms with E-state index in [1.165, 1.54) is 0 Å². The van der Waals surface area contributed by atoms with Crippen molar-refractivity contribution in [2.24, 2.45) is 5.92 Å². The average molecular weight is 283 g/mol. The van der Waals surface area contributed by atoms with E-state index in [0.29, 0.717) is 19.8 Å². The number of carboxylic acids is 1. The van der Waals surface area contributed by atoms with Crippen molar-refractivity contribution < 1.29 is 24.2 Å². The average Bonchev–Trinajstić information content (AvgIpc) is 2.70. The van der Waals surface area contributed by atoms with Crippen LogP contribution >= 0.6 is 0 Å². The smallest absolute Gasteiger partial charge is 0.303 e. The minimum Gasteiger partial charge on any atom is -0.481 e. The third-order valence-corrected chi connectivity index (χ3v) is 4.64. The van der Waals surface area contributed by atoms with E-state index in [-0.39, 0.29) is 30.3 Å². The zero-order valence-electron chi connectivity index (χ0n) is 11.5. The Labute approximate surface area is 118 Å². The van der Waals surface area contributed by atoms with E-state index in [0.717, 1.165) is 25.7 Å². The molecule has 0 aliphatic carbocycles. The first-order valence-corrected chi connectivity index (χ1v) is 7.38. The van der Waals surface area contributed by atoms with Crippen molar-refractivity contribution in [3.05, 3.63) is 0 Å². The monoisotopic (exact) mass is 283 g/mol. The number of piperidine rings is 1. The lowest BCUT2D eigenvalue weighted by Crippen LogP contribution is -2.53. The van der Waals surface area contributed by atoms with Crippen LogP contribution in [0.1, 0.15) is 32.1 Å². The second kappa shape index (κ2) is 5.69. The molecule has 3 saturated heterocycles. The van der Waals surface area contributed by atoms with E-state index in [1.54, 1.807) is 0 Å². The third kappa shape index (κ3) is 2.67. The van der Waals surface area contributed by atoms with E-state index in [4.69, 9.17) is 14.6 Å².